The molecule has 0 saturated carbocycles. The summed E-state index contributed by atoms with van der Waals surface area (Å²) < 4.78 is 19.0. The first kappa shape index (κ1) is 17.5. The van der Waals surface area contributed by atoms with E-state index in [4.69, 9.17) is 4.74 Å². The lowest BCUT2D eigenvalue weighted by atomic mass is 10.1. The van der Waals surface area contributed by atoms with Gasteiger partial charge in [0.1, 0.15) is 12.4 Å². The van der Waals surface area contributed by atoms with Crippen molar-refractivity contribution in [1.29, 1.82) is 0 Å². The monoisotopic (exact) mass is 351 g/mol. The summed E-state index contributed by atoms with van der Waals surface area (Å²) in [6, 6.07) is 19.5. The molecule has 0 aliphatic carbocycles. The average molecular weight is 351 g/mol. The summed E-state index contributed by atoms with van der Waals surface area (Å²) in [7, 11) is 0. The molecule has 0 aliphatic rings. The van der Waals surface area contributed by atoms with Crippen LogP contribution in [0.25, 0.3) is 11.3 Å². The SMILES string of the molecule is O=C(Cc1ccccc1F)NCCOc1ccc(-c2ccccc2)nn1. The van der Waals surface area contributed by atoms with Gasteiger partial charge in [0.25, 0.3) is 0 Å². The van der Waals surface area contributed by atoms with Crippen molar-refractivity contribution in [2.45, 2.75) is 6.42 Å². The van der Waals surface area contributed by atoms with E-state index in [-0.39, 0.29) is 24.8 Å². The molecule has 0 saturated heterocycles. The predicted octanol–water partition coefficient (Wildman–Crippen LogP) is 3.02. The highest BCUT2D eigenvalue weighted by Gasteiger charge is 2.07. The Kier molecular flexibility index (Phi) is 5.88. The van der Waals surface area contributed by atoms with Gasteiger partial charge in [0.05, 0.1) is 18.7 Å². The third-order valence-electron chi connectivity index (χ3n) is 3.69. The summed E-state index contributed by atoms with van der Waals surface area (Å²) in [5, 5.41) is 10.8. The molecule has 3 aromatic rings. The van der Waals surface area contributed by atoms with Crippen molar-refractivity contribution in [3.63, 3.8) is 0 Å². The van der Waals surface area contributed by atoms with Gasteiger partial charge in [-0.15, -0.1) is 10.2 Å². The third kappa shape index (κ3) is 4.86. The standard InChI is InChI=1S/C20H18FN3O2/c21-17-9-5-4-8-16(17)14-19(25)22-12-13-26-20-11-10-18(23-24-20)15-6-2-1-3-7-15/h1-11H,12-14H2,(H,22,25). The zero-order valence-electron chi connectivity index (χ0n) is 14.1. The first-order chi connectivity index (χ1) is 12.7. The van der Waals surface area contributed by atoms with Crippen molar-refractivity contribution in [1.82, 2.24) is 15.5 Å². The largest absolute Gasteiger partial charge is 0.475 e. The zero-order valence-corrected chi connectivity index (χ0v) is 14.1. The lowest BCUT2D eigenvalue weighted by Gasteiger charge is -2.08. The van der Waals surface area contributed by atoms with Crippen LogP contribution in [0.2, 0.25) is 0 Å². The molecule has 6 heteroatoms. The number of nitrogens with zero attached hydrogens (tertiary/aromatic N) is 2. The van der Waals surface area contributed by atoms with Gasteiger partial charge < -0.3 is 10.1 Å². The van der Waals surface area contributed by atoms with Gasteiger partial charge in [-0.1, -0.05) is 48.5 Å². The molecule has 26 heavy (non-hydrogen) atoms. The van der Waals surface area contributed by atoms with Crippen molar-refractivity contribution < 1.29 is 13.9 Å². The molecule has 0 spiro atoms. The minimum Gasteiger partial charge on any atom is -0.475 e. The number of carbonyl (C=O) groups is 1. The van der Waals surface area contributed by atoms with Crippen molar-refractivity contribution in [2.24, 2.45) is 0 Å². The molecule has 0 radical (unpaired) electrons. The Morgan fingerprint density at radius 1 is 0.962 bits per heavy atom. The van der Waals surface area contributed by atoms with Crippen LogP contribution in [0.1, 0.15) is 5.56 Å². The third-order valence-corrected chi connectivity index (χ3v) is 3.69. The summed E-state index contributed by atoms with van der Waals surface area (Å²) in [5.41, 5.74) is 2.11. The fourth-order valence-electron chi connectivity index (χ4n) is 2.38. The Bertz CT molecular complexity index is 854. The highest BCUT2D eigenvalue weighted by molar-refractivity contribution is 5.78. The van der Waals surface area contributed by atoms with Crippen LogP contribution < -0.4 is 10.1 Å². The van der Waals surface area contributed by atoms with Gasteiger partial charge >= 0.3 is 0 Å². The van der Waals surface area contributed by atoms with Gasteiger partial charge in [-0.05, 0) is 17.7 Å². The number of carbonyl (C=O) groups excluding carboxylic acids is 1. The zero-order chi connectivity index (χ0) is 18.2. The van der Waals surface area contributed by atoms with E-state index in [0.29, 0.717) is 18.0 Å². The molecule has 132 valence electrons. The second-order valence-electron chi connectivity index (χ2n) is 5.59. The maximum atomic E-state index is 13.5. The van der Waals surface area contributed by atoms with Crippen LogP contribution in [0.4, 0.5) is 4.39 Å². The average Bonchev–Trinajstić information content (AvgIpc) is 2.68. The second kappa shape index (κ2) is 8.71. The van der Waals surface area contributed by atoms with Gasteiger partial charge in [0.2, 0.25) is 11.8 Å². The summed E-state index contributed by atoms with van der Waals surface area (Å²) >= 11 is 0. The molecule has 0 bridgehead atoms. The van der Waals surface area contributed by atoms with Gasteiger partial charge in [-0.2, -0.15) is 0 Å². The molecule has 0 aliphatic heterocycles. The predicted molar refractivity (Wildman–Crippen MR) is 96.1 cm³/mol. The van der Waals surface area contributed by atoms with E-state index in [1.165, 1.54) is 6.07 Å². The fraction of sp³-hybridized carbons (Fsp3) is 0.150. The summed E-state index contributed by atoms with van der Waals surface area (Å²) in [6.45, 7) is 0.553. The smallest absolute Gasteiger partial charge is 0.233 e. The van der Waals surface area contributed by atoms with E-state index in [2.05, 4.69) is 15.5 Å². The lowest BCUT2D eigenvalue weighted by molar-refractivity contribution is -0.120. The summed E-state index contributed by atoms with van der Waals surface area (Å²) in [5.74, 6) is -0.259. The number of hydrogen-bond donors (Lipinski definition) is 1. The van der Waals surface area contributed by atoms with Gasteiger partial charge in [0.15, 0.2) is 0 Å². The Morgan fingerprint density at radius 2 is 1.73 bits per heavy atom. The molecule has 1 amide bonds. The van der Waals surface area contributed by atoms with Crippen molar-refractivity contribution in [2.75, 3.05) is 13.2 Å². The Hall–Kier alpha value is -3.28. The van der Waals surface area contributed by atoms with E-state index >= 15 is 0 Å². The van der Waals surface area contributed by atoms with Gasteiger partial charge in [0, 0.05) is 11.6 Å². The number of hydrogen-bond acceptors (Lipinski definition) is 4. The minimum absolute atomic E-state index is 0.00173. The van der Waals surface area contributed by atoms with Crippen LogP contribution in [-0.2, 0) is 11.2 Å². The Labute approximate surface area is 150 Å². The van der Waals surface area contributed by atoms with E-state index in [0.717, 1.165) is 11.3 Å². The summed E-state index contributed by atoms with van der Waals surface area (Å²) in [4.78, 5) is 11.8. The van der Waals surface area contributed by atoms with E-state index in [1.807, 2.05) is 36.4 Å². The van der Waals surface area contributed by atoms with Crippen molar-refractivity contribution >= 4 is 5.91 Å². The van der Waals surface area contributed by atoms with Crippen LogP contribution in [0, 0.1) is 5.82 Å². The maximum Gasteiger partial charge on any atom is 0.233 e. The van der Waals surface area contributed by atoms with Crippen LogP contribution in [0.3, 0.4) is 0 Å². The molecular weight excluding hydrogens is 333 g/mol. The van der Waals surface area contributed by atoms with E-state index < -0.39 is 0 Å². The fourth-order valence-corrected chi connectivity index (χ4v) is 2.38. The molecule has 0 fully saturated rings. The molecule has 5 nitrogen and oxygen atoms in total. The highest BCUT2D eigenvalue weighted by atomic mass is 19.1. The maximum absolute atomic E-state index is 13.5. The number of amides is 1. The molecule has 0 atom stereocenters. The molecule has 1 N–H and O–H groups in total. The molecule has 3 rings (SSSR count). The number of aromatic nitrogens is 2. The lowest BCUT2D eigenvalue weighted by Crippen LogP contribution is -2.29. The highest BCUT2D eigenvalue weighted by Crippen LogP contribution is 2.16. The number of nitrogens with one attached hydrogen (secondary N) is 1. The number of benzene rings is 2. The quantitative estimate of drug-likeness (QED) is 0.665. The van der Waals surface area contributed by atoms with Crippen molar-refractivity contribution in [3.8, 4) is 17.1 Å². The minimum atomic E-state index is -0.382. The molecule has 1 aromatic heterocycles. The first-order valence-corrected chi connectivity index (χ1v) is 8.24. The molecule has 2 aromatic carbocycles. The van der Waals surface area contributed by atoms with Gasteiger partial charge in [-0.3, -0.25) is 4.79 Å². The normalized spacial score (nSPS) is 10.3. The Balaban J connectivity index is 1.42. The molecular formula is C20H18FN3O2. The number of ether oxygens (including phenoxy) is 1. The number of rotatable bonds is 7. The van der Waals surface area contributed by atoms with Crippen LogP contribution in [0.15, 0.2) is 66.7 Å². The molecule has 0 unspecified atom stereocenters. The molecule has 1 heterocycles. The van der Waals surface area contributed by atoms with E-state index in [9.17, 15) is 9.18 Å². The van der Waals surface area contributed by atoms with Crippen LogP contribution in [0.5, 0.6) is 5.88 Å². The second-order valence-corrected chi connectivity index (χ2v) is 5.59. The first-order valence-electron chi connectivity index (χ1n) is 8.24. The topological polar surface area (TPSA) is 64.1 Å². The summed E-state index contributed by atoms with van der Waals surface area (Å²) in [6.07, 6.45) is -0.00173. The van der Waals surface area contributed by atoms with Gasteiger partial charge in [-0.25, -0.2) is 4.39 Å². The Morgan fingerprint density at radius 3 is 2.46 bits per heavy atom. The van der Waals surface area contributed by atoms with Crippen LogP contribution >= 0.6 is 0 Å². The van der Waals surface area contributed by atoms with Crippen LogP contribution in [-0.4, -0.2) is 29.3 Å². The van der Waals surface area contributed by atoms with Crippen molar-refractivity contribution in [3.05, 3.63) is 78.1 Å². The van der Waals surface area contributed by atoms with E-state index in [1.54, 1.807) is 24.3 Å². The number of halogens is 1.